The molecule has 1 aliphatic heterocycles. The zero-order valence-electron chi connectivity index (χ0n) is 12.7. The molecule has 0 unspecified atom stereocenters. The van der Waals surface area contributed by atoms with Gasteiger partial charge < -0.3 is 5.32 Å². The average molecular weight is 288 g/mol. The second-order valence-corrected chi connectivity index (χ2v) is 8.30. The van der Waals surface area contributed by atoms with Gasteiger partial charge in [0.1, 0.15) is 0 Å². The van der Waals surface area contributed by atoms with Crippen molar-refractivity contribution in [3.05, 3.63) is 11.6 Å². The minimum Gasteiger partial charge on any atom is -0.320 e. The van der Waals surface area contributed by atoms with Crippen LogP contribution in [0.4, 0.5) is 0 Å². The summed E-state index contributed by atoms with van der Waals surface area (Å²) in [7, 11) is -1.18. The first-order chi connectivity index (χ1) is 8.77. The minimum absolute atomic E-state index is 0.155. The van der Waals surface area contributed by atoms with Gasteiger partial charge >= 0.3 is 0 Å². The van der Waals surface area contributed by atoms with Gasteiger partial charge in [0, 0.05) is 13.1 Å². The Labute approximate surface area is 118 Å². The minimum atomic E-state index is -3.07. The van der Waals surface area contributed by atoms with Gasteiger partial charge in [0.2, 0.25) is 10.0 Å². The van der Waals surface area contributed by atoms with E-state index in [9.17, 15) is 8.42 Å². The smallest absolute Gasteiger partial charge is 0.214 e. The molecule has 0 bridgehead atoms. The Morgan fingerprint density at radius 2 is 2.00 bits per heavy atom. The molecule has 5 heteroatoms. The molecule has 0 atom stereocenters. The van der Waals surface area contributed by atoms with Crippen LogP contribution in [0, 0.1) is 5.41 Å². The number of nitrogens with one attached hydrogen (secondary N) is 1. The molecule has 0 saturated heterocycles. The third-order valence-corrected chi connectivity index (χ3v) is 5.53. The van der Waals surface area contributed by atoms with E-state index in [1.54, 1.807) is 4.31 Å². The first kappa shape index (κ1) is 16.7. The highest BCUT2D eigenvalue weighted by molar-refractivity contribution is 7.89. The lowest BCUT2D eigenvalue weighted by Gasteiger charge is -2.31. The first-order valence-corrected chi connectivity index (χ1v) is 8.70. The standard InChI is InChI=1S/C14H28N2O2S/c1-14(2,3)13-7-10-16(11-8-13)19(17,18)12-6-5-9-15-4/h7,15H,5-6,8-12H2,1-4H3. The number of rotatable bonds is 6. The quantitative estimate of drug-likeness (QED) is 0.601. The lowest BCUT2D eigenvalue weighted by molar-refractivity contribution is 0.389. The number of sulfonamides is 1. The third kappa shape index (κ3) is 5.24. The van der Waals surface area contributed by atoms with Gasteiger partial charge in [0.15, 0.2) is 0 Å². The van der Waals surface area contributed by atoms with Crippen molar-refractivity contribution in [2.75, 3.05) is 32.4 Å². The predicted molar refractivity (Wildman–Crippen MR) is 80.7 cm³/mol. The van der Waals surface area contributed by atoms with E-state index in [0.29, 0.717) is 13.1 Å². The summed E-state index contributed by atoms with van der Waals surface area (Å²) in [4.78, 5) is 0. The Morgan fingerprint density at radius 3 is 2.47 bits per heavy atom. The molecule has 0 aromatic carbocycles. The molecule has 0 aliphatic carbocycles. The monoisotopic (exact) mass is 288 g/mol. The maximum absolute atomic E-state index is 12.2. The van der Waals surface area contributed by atoms with Crippen molar-refractivity contribution in [2.45, 2.75) is 40.0 Å². The third-order valence-electron chi connectivity index (χ3n) is 3.61. The molecule has 1 aliphatic rings. The van der Waals surface area contributed by atoms with Crippen molar-refractivity contribution >= 4 is 10.0 Å². The summed E-state index contributed by atoms with van der Waals surface area (Å²) in [5.41, 5.74) is 1.52. The Kier molecular flexibility index (Phi) is 6.02. The van der Waals surface area contributed by atoms with E-state index in [0.717, 1.165) is 25.8 Å². The Morgan fingerprint density at radius 1 is 1.32 bits per heavy atom. The fourth-order valence-electron chi connectivity index (χ4n) is 2.30. The van der Waals surface area contributed by atoms with Crippen molar-refractivity contribution in [1.29, 1.82) is 0 Å². The van der Waals surface area contributed by atoms with Gasteiger partial charge in [-0.15, -0.1) is 0 Å². The van der Waals surface area contributed by atoms with Crippen LogP contribution in [-0.2, 0) is 10.0 Å². The fourth-order valence-corrected chi connectivity index (χ4v) is 3.80. The van der Waals surface area contributed by atoms with Crippen molar-refractivity contribution < 1.29 is 8.42 Å². The zero-order chi connectivity index (χ0) is 14.5. The molecule has 1 rings (SSSR count). The number of hydrogen-bond donors (Lipinski definition) is 1. The van der Waals surface area contributed by atoms with Gasteiger partial charge in [0.05, 0.1) is 5.75 Å². The van der Waals surface area contributed by atoms with E-state index in [1.165, 1.54) is 5.57 Å². The molecule has 0 fully saturated rings. The summed E-state index contributed by atoms with van der Waals surface area (Å²) in [6.45, 7) is 8.60. The van der Waals surface area contributed by atoms with E-state index in [1.807, 2.05) is 7.05 Å². The summed E-state index contributed by atoms with van der Waals surface area (Å²) in [5, 5.41) is 3.04. The average Bonchev–Trinajstić information content (AvgIpc) is 2.34. The molecule has 0 aromatic heterocycles. The van der Waals surface area contributed by atoms with Gasteiger partial charge in [-0.2, -0.15) is 4.31 Å². The molecule has 0 spiro atoms. The molecule has 0 aromatic rings. The zero-order valence-corrected chi connectivity index (χ0v) is 13.5. The lowest BCUT2D eigenvalue weighted by Crippen LogP contribution is -2.37. The van der Waals surface area contributed by atoms with Crippen LogP contribution in [0.25, 0.3) is 0 Å². The van der Waals surface area contributed by atoms with Crippen LogP contribution in [0.1, 0.15) is 40.0 Å². The maximum Gasteiger partial charge on any atom is 0.214 e. The highest BCUT2D eigenvalue weighted by Gasteiger charge is 2.27. The van der Waals surface area contributed by atoms with Crippen molar-refractivity contribution in [3.8, 4) is 0 Å². The van der Waals surface area contributed by atoms with E-state index < -0.39 is 10.0 Å². The normalized spacial score (nSPS) is 18.4. The highest BCUT2D eigenvalue weighted by atomic mass is 32.2. The van der Waals surface area contributed by atoms with Crippen LogP contribution < -0.4 is 5.32 Å². The largest absolute Gasteiger partial charge is 0.320 e. The molecule has 0 radical (unpaired) electrons. The van der Waals surface area contributed by atoms with Crippen LogP contribution in [0.5, 0.6) is 0 Å². The van der Waals surface area contributed by atoms with Crippen LogP contribution >= 0.6 is 0 Å². The summed E-state index contributed by atoms with van der Waals surface area (Å²) >= 11 is 0. The molecular weight excluding hydrogens is 260 g/mol. The molecule has 4 nitrogen and oxygen atoms in total. The van der Waals surface area contributed by atoms with E-state index in [4.69, 9.17) is 0 Å². The molecule has 1 N–H and O–H groups in total. The fraction of sp³-hybridized carbons (Fsp3) is 0.857. The van der Waals surface area contributed by atoms with Crippen LogP contribution in [0.3, 0.4) is 0 Å². The summed E-state index contributed by atoms with van der Waals surface area (Å²) in [6, 6.07) is 0. The van der Waals surface area contributed by atoms with Gasteiger partial charge in [-0.25, -0.2) is 8.42 Å². The lowest BCUT2D eigenvalue weighted by atomic mass is 9.83. The Balaban J connectivity index is 2.52. The van der Waals surface area contributed by atoms with Gasteiger partial charge in [-0.05, 0) is 38.3 Å². The van der Waals surface area contributed by atoms with E-state index in [2.05, 4.69) is 32.2 Å². The summed E-state index contributed by atoms with van der Waals surface area (Å²) < 4.78 is 26.0. The number of nitrogens with zero attached hydrogens (tertiary/aromatic N) is 1. The summed E-state index contributed by atoms with van der Waals surface area (Å²) in [5.74, 6) is 0.271. The number of hydrogen-bond acceptors (Lipinski definition) is 3. The maximum atomic E-state index is 12.2. The van der Waals surface area contributed by atoms with Crippen LogP contribution in [0.15, 0.2) is 11.6 Å². The van der Waals surface area contributed by atoms with Crippen molar-refractivity contribution in [3.63, 3.8) is 0 Å². The van der Waals surface area contributed by atoms with E-state index in [-0.39, 0.29) is 11.2 Å². The molecule has 0 amide bonds. The molecule has 1 heterocycles. The number of unbranched alkanes of at least 4 members (excludes halogenated alkanes) is 1. The van der Waals surface area contributed by atoms with Gasteiger partial charge in [0.25, 0.3) is 0 Å². The second kappa shape index (κ2) is 6.86. The first-order valence-electron chi connectivity index (χ1n) is 7.09. The van der Waals surface area contributed by atoms with E-state index >= 15 is 0 Å². The SMILES string of the molecule is CNCCCCS(=O)(=O)N1CC=C(C(C)(C)C)CC1. The van der Waals surface area contributed by atoms with Crippen molar-refractivity contribution in [2.24, 2.45) is 5.41 Å². The molecular formula is C14H28N2O2S. The van der Waals surface area contributed by atoms with Gasteiger partial charge in [-0.1, -0.05) is 32.4 Å². The topological polar surface area (TPSA) is 49.4 Å². The second-order valence-electron chi connectivity index (χ2n) is 6.21. The predicted octanol–water partition coefficient (Wildman–Crippen LogP) is 1.99. The van der Waals surface area contributed by atoms with Gasteiger partial charge in [-0.3, -0.25) is 0 Å². The Bertz CT molecular complexity index is 408. The summed E-state index contributed by atoms with van der Waals surface area (Å²) in [6.07, 6.45) is 4.59. The van der Waals surface area contributed by atoms with Crippen LogP contribution in [-0.4, -0.2) is 45.2 Å². The molecule has 112 valence electrons. The Hall–Kier alpha value is -0.390. The van der Waals surface area contributed by atoms with Crippen molar-refractivity contribution in [1.82, 2.24) is 9.62 Å². The molecule has 0 saturated carbocycles. The molecule has 19 heavy (non-hydrogen) atoms. The highest BCUT2D eigenvalue weighted by Crippen LogP contribution is 2.30. The van der Waals surface area contributed by atoms with Crippen LogP contribution in [0.2, 0.25) is 0 Å².